The van der Waals surface area contributed by atoms with Gasteiger partial charge in [0.15, 0.2) is 0 Å². The standard InChI is InChI=1S/C16H10FNOS/c17-13-9-5-4-8-12(13)10-14-16(19)20-15(18-14)11-6-2-1-3-7-11/h1-10H. The summed E-state index contributed by atoms with van der Waals surface area (Å²) >= 11 is 1.07. The highest BCUT2D eigenvalue weighted by Crippen LogP contribution is 2.29. The van der Waals surface area contributed by atoms with Gasteiger partial charge in [-0.05, 0) is 23.9 Å². The minimum Gasteiger partial charge on any atom is -0.279 e. The van der Waals surface area contributed by atoms with Gasteiger partial charge in [-0.1, -0.05) is 48.5 Å². The summed E-state index contributed by atoms with van der Waals surface area (Å²) in [5.74, 6) is -0.360. The van der Waals surface area contributed by atoms with Gasteiger partial charge in [0.2, 0.25) is 5.12 Å². The van der Waals surface area contributed by atoms with Gasteiger partial charge in [-0.3, -0.25) is 4.79 Å². The van der Waals surface area contributed by atoms with Gasteiger partial charge in [-0.2, -0.15) is 0 Å². The second-order valence-electron chi connectivity index (χ2n) is 4.22. The Bertz CT molecular complexity index is 722. The van der Waals surface area contributed by atoms with E-state index < -0.39 is 0 Å². The van der Waals surface area contributed by atoms with Crippen LogP contribution in [0, 0.1) is 5.82 Å². The van der Waals surface area contributed by atoms with Crippen LogP contribution >= 0.6 is 11.8 Å². The molecule has 0 bridgehead atoms. The molecule has 0 fully saturated rings. The fraction of sp³-hybridized carbons (Fsp3) is 0. The van der Waals surface area contributed by atoms with E-state index in [1.165, 1.54) is 12.1 Å². The fourth-order valence-corrected chi connectivity index (χ4v) is 2.64. The van der Waals surface area contributed by atoms with E-state index in [2.05, 4.69) is 4.99 Å². The van der Waals surface area contributed by atoms with E-state index in [0.29, 0.717) is 10.6 Å². The van der Waals surface area contributed by atoms with Crippen molar-refractivity contribution < 1.29 is 9.18 Å². The summed E-state index contributed by atoms with van der Waals surface area (Å²) in [7, 11) is 0. The van der Waals surface area contributed by atoms with E-state index in [0.717, 1.165) is 17.3 Å². The van der Waals surface area contributed by atoms with Crippen LogP contribution in [-0.4, -0.2) is 10.2 Å². The number of benzene rings is 2. The Morgan fingerprint density at radius 3 is 2.45 bits per heavy atom. The van der Waals surface area contributed by atoms with Gasteiger partial charge in [0.25, 0.3) is 0 Å². The number of aliphatic imine (C=N–C) groups is 1. The Hall–Kier alpha value is -2.20. The Morgan fingerprint density at radius 1 is 1.00 bits per heavy atom. The zero-order chi connectivity index (χ0) is 13.9. The Balaban J connectivity index is 1.97. The zero-order valence-electron chi connectivity index (χ0n) is 10.4. The van der Waals surface area contributed by atoms with Gasteiger partial charge >= 0.3 is 0 Å². The number of halogens is 1. The molecule has 0 unspecified atom stereocenters. The summed E-state index contributed by atoms with van der Waals surface area (Å²) in [5.41, 5.74) is 1.54. The van der Waals surface area contributed by atoms with Gasteiger partial charge in [0, 0.05) is 11.1 Å². The second-order valence-corrected chi connectivity index (χ2v) is 5.19. The first-order valence-corrected chi connectivity index (χ1v) is 6.88. The van der Waals surface area contributed by atoms with E-state index in [-0.39, 0.29) is 16.6 Å². The lowest BCUT2D eigenvalue weighted by molar-refractivity contribution is -0.107. The van der Waals surface area contributed by atoms with Crippen molar-refractivity contribution in [1.29, 1.82) is 0 Å². The molecule has 0 saturated carbocycles. The topological polar surface area (TPSA) is 29.4 Å². The molecule has 0 amide bonds. The van der Waals surface area contributed by atoms with Crippen LogP contribution in [0.1, 0.15) is 11.1 Å². The number of hydrogen-bond acceptors (Lipinski definition) is 3. The molecule has 2 aromatic rings. The lowest BCUT2D eigenvalue weighted by Gasteiger charge is -1.96. The average molecular weight is 283 g/mol. The monoisotopic (exact) mass is 283 g/mol. The highest BCUT2D eigenvalue weighted by atomic mass is 32.2. The minimum absolute atomic E-state index is 0.160. The third-order valence-electron chi connectivity index (χ3n) is 2.84. The molecule has 0 spiro atoms. The van der Waals surface area contributed by atoms with Crippen molar-refractivity contribution in [2.45, 2.75) is 0 Å². The summed E-state index contributed by atoms with van der Waals surface area (Å²) < 4.78 is 13.6. The molecule has 3 rings (SSSR count). The Morgan fingerprint density at radius 2 is 1.70 bits per heavy atom. The number of carbonyl (C=O) groups is 1. The van der Waals surface area contributed by atoms with Crippen LogP contribution < -0.4 is 0 Å². The number of nitrogens with zero attached hydrogens (tertiary/aromatic N) is 1. The summed E-state index contributed by atoms with van der Waals surface area (Å²) in [6, 6.07) is 15.8. The molecule has 0 radical (unpaired) electrons. The van der Waals surface area contributed by atoms with Crippen molar-refractivity contribution >= 4 is 28.0 Å². The van der Waals surface area contributed by atoms with E-state index in [1.807, 2.05) is 30.3 Å². The third kappa shape index (κ3) is 2.56. The highest BCUT2D eigenvalue weighted by Gasteiger charge is 2.23. The average Bonchev–Trinajstić information content (AvgIpc) is 2.84. The van der Waals surface area contributed by atoms with E-state index >= 15 is 0 Å². The summed E-state index contributed by atoms with van der Waals surface area (Å²) in [6.45, 7) is 0. The maximum absolute atomic E-state index is 13.6. The van der Waals surface area contributed by atoms with Crippen LogP contribution in [0.5, 0.6) is 0 Å². The Kier molecular flexibility index (Phi) is 3.48. The maximum Gasteiger partial charge on any atom is 0.244 e. The van der Waals surface area contributed by atoms with Gasteiger partial charge < -0.3 is 0 Å². The molecule has 2 nitrogen and oxygen atoms in total. The molecular weight excluding hydrogens is 273 g/mol. The fourth-order valence-electron chi connectivity index (χ4n) is 1.85. The third-order valence-corrected chi connectivity index (χ3v) is 3.75. The minimum atomic E-state index is -0.360. The molecule has 0 atom stereocenters. The molecular formula is C16H10FNOS. The lowest BCUT2D eigenvalue weighted by Crippen LogP contribution is -1.92. The normalized spacial score (nSPS) is 16.6. The number of hydrogen-bond donors (Lipinski definition) is 0. The van der Waals surface area contributed by atoms with Gasteiger partial charge in [0.05, 0.1) is 0 Å². The van der Waals surface area contributed by atoms with Gasteiger partial charge in [0.1, 0.15) is 16.6 Å². The zero-order valence-corrected chi connectivity index (χ0v) is 11.2. The van der Waals surface area contributed by atoms with Crippen LogP contribution in [0.4, 0.5) is 4.39 Å². The first-order valence-electron chi connectivity index (χ1n) is 6.06. The van der Waals surface area contributed by atoms with Crippen LogP contribution in [0.2, 0.25) is 0 Å². The molecule has 98 valence electrons. The van der Waals surface area contributed by atoms with Crippen LogP contribution in [0.25, 0.3) is 6.08 Å². The molecule has 4 heteroatoms. The number of rotatable bonds is 2. The summed E-state index contributed by atoms with van der Waals surface area (Å²) in [4.78, 5) is 16.2. The first-order chi connectivity index (χ1) is 9.74. The molecule has 1 aliphatic heterocycles. The van der Waals surface area contributed by atoms with E-state index in [9.17, 15) is 9.18 Å². The molecule has 20 heavy (non-hydrogen) atoms. The molecule has 0 saturated heterocycles. The van der Waals surface area contributed by atoms with Crippen molar-refractivity contribution in [1.82, 2.24) is 0 Å². The molecule has 1 heterocycles. The van der Waals surface area contributed by atoms with Crippen LogP contribution in [0.3, 0.4) is 0 Å². The van der Waals surface area contributed by atoms with Crippen molar-refractivity contribution in [2.75, 3.05) is 0 Å². The van der Waals surface area contributed by atoms with Crippen molar-refractivity contribution in [3.8, 4) is 0 Å². The van der Waals surface area contributed by atoms with Gasteiger partial charge in [-0.25, -0.2) is 9.38 Å². The number of thioether (sulfide) groups is 1. The maximum atomic E-state index is 13.6. The highest BCUT2D eigenvalue weighted by molar-refractivity contribution is 8.27. The lowest BCUT2D eigenvalue weighted by atomic mass is 10.2. The smallest absolute Gasteiger partial charge is 0.244 e. The molecule has 0 aromatic heterocycles. The molecule has 1 aliphatic rings. The second kappa shape index (κ2) is 5.43. The first kappa shape index (κ1) is 12.8. The van der Waals surface area contributed by atoms with Crippen molar-refractivity contribution in [3.05, 3.63) is 77.2 Å². The largest absolute Gasteiger partial charge is 0.279 e. The summed E-state index contributed by atoms with van der Waals surface area (Å²) in [6.07, 6.45) is 1.49. The van der Waals surface area contributed by atoms with Crippen molar-refractivity contribution in [2.24, 2.45) is 4.99 Å². The predicted molar refractivity (Wildman–Crippen MR) is 80.0 cm³/mol. The SMILES string of the molecule is O=C1SC(c2ccccc2)=NC1=Cc1ccccc1F. The quantitative estimate of drug-likeness (QED) is 0.783. The Labute approximate surface area is 120 Å². The summed E-state index contributed by atoms with van der Waals surface area (Å²) in [5, 5.41) is 0.491. The molecule has 0 aliphatic carbocycles. The van der Waals surface area contributed by atoms with E-state index in [4.69, 9.17) is 0 Å². The van der Waals surface area contributed by atoms with E-state index in [1.54, 1.807) is 18.2 Å². The molecule has 0 N–H and O–H groups in total. The predicted octanol–water partition coefficient (Wildman–Crippen LogP) is 3.89. The number of carbonyl (C=O) groups excluding carboxylic acids is 1. The van der Waals surface area contributed by atoms with Crippen LogP contribution in [0.15, 0.2) is 65.3 Å². The van der Waals surface area contributed by atoms with Crippen molar-refractivity contribution in [3.63, 3.8) is 0 Å². The van der Waals surface area contributed by atoms with Crippen LogP contribution in [-0.2, 0) is 4.79 Å². The van der Waals surface area contributed by atoms with Gasteiger partial charge in [-0.15, -0.1) is 0 Å². The molecule has 2 aromatic carbocycles.